The van der Waals surface area contributed by atoms with Gasteiger partial charge in [-0.2, -0.15) is 0 Å². The molecule has 102 valence electrons. The topological polar surface area (TPSA) is 57.8 Å². The number of halogens is 1. The van der Waals surface area contributed by atoms with Gasteiger partial charge in [-0.3, -0.25) is 4.79 Å². The molecule has 1 aromatic carbocycles. The first-order valence-electron chi connectivity index (χ1n) is 6.08. The fraction of sp³-hybridized carbons (Fsp3) is 0.385. The molecule has 2 rings (SSSR count). The number of hydrogen-bond donors (Lipinski definition) is 2. The van der Waals surface area contributed by atoms with Crippen LogP contribution in [0.5, 0.6) is 0 Å². The average molecular weight is 298 g/mol. The number of nitrogens with one attached hydrogen (secondary N) is 2. The summed E-state index contributed by atoms with van der Waals surface area (Å²) in [6.07, 6.45) is 0. The molecule has 0 aliphatic rings. The lowest BCUT2D eigenvalue weighted by molar-refractivity contribution is -0.120. The van der Waals surface area contributed by atoms with Gasteiger partial charge in [-0.05, 0) is 39.0 Å². The Balaban J connectivity index is 2.10. The Morgan fingerprint density at radius 2 is 2.16 bits per heavy atom. The summed E-state index contributed by atoms with van der Waals surface area (Å²) >= 11 is 7.33. The predicted octanol–water partition coefficient (Wildman–Crippen LogP) is 3.22. The van der Waals surface area contributed by atoms with Crippen LogP contribution in [0.25, 0.3) is 11.0 Å². The highest BCUT2D eigenvalue weighted by Crippen LogP contribution is 2.25. The van der Waals surface area contributed by atoms with Crippen molar-refractivity contribution in [3.8, 4) is 0 Å². The second-order valence-corrected chi connectivity index (χ2v) is 6.39. The zero-order chi connectivity index (χ0) is 14.0. The van der Waals surface area contributed by atoms with Crippen molar-refractivity contribution in [1.29, 1.82) is 0 Å². The molecule has 19 heavy (non-hydrogen) atoms. The molecule has 1 aromatic heterocycles. The number of carbonyl (C=O) groups is 1. The molecule has 1 atom stereocenters. The summed E-state index contributed by atoms with van der Waals surface area (Å²) in [5.41, 5.74) is 1.73. The molecule has 1 amide bonds. The molecular formula is C13H16ClN3OS. The lowest BCUT2D eigenvalue weighted by atomic mass is 10.3. The Morgan fingerprint density at radius 3 is 2.84 bits per heavy atom. The van der Waals surface area contributed by atoms with E-state index in [4.69, 9.17) is 11.6 Å². The number of aromatic amines is 1. The number of thioether (sulfide) groups is 1. The molecule has 0 bridgehead atoms. The number of aromatic nitrogens is 2. The summed E-state index contributed by atoms with van der Waals surface area (Å²) in [6.45, 7) is 5.75. The average Bonchev–Trinajstić information content (AvgIpc) is 2.69. The predicted molar refractivity (Wildman–Crippen MR) is 79.7 cm³/mol. The van der Waals surface area contributed by atoms with E-state index in [0.29, 0.717) is 5.02 Å². The van der Waals surface area contributed by atoms with Crippen molar-refractivity contribution in [2.24, 2.45) is 0 Å². The van der Waals surface area contributed by atoms with E-state index in [1.807, 2.05) is 32.9 Å². The summed E-state index contributed by atoms with van der Waals surface area (Å²) < 4.78 is 0. The minimum atomic E-state index is -0.196. The highest BCUT2D eigenvalue weighted by Gasteiger charge is 2.17. The molecule has 6 heteroatoms. The Kier molecular flexibility index (Phi) is 4.37. The van der Waals surface area contributed by atoms with Crippen molar-refractivity contribution in [2.45, 2.75) is 37.2 Å². The molecule has 0 radical (unpaired) electrons. The van der Waals surface area contributed by atoms with Gasteiger partial charge in [0, 0.05) is 11.1 Å². The third kappa shape index (κ3) is 3.64. The van der Waals surface area contributed by atoms with Gasteiger partial charge in [0.15, 0.2) is 5.16 Å². The minimum Gasteiger partial charge on any atom is -0.353 e. The number of amides is 1. The number of imidazole rings is 1. The second-order valence-electron chi connectivity index (χ2n) is 4.63. The quantitative estimate of drug-likeness (QED) is 0.852. The fourth-order valence-electron chi connectivity index (χ4n) is 1.64. The lowest BCUT2D eigenvalue weighted by Gasteiger charge is -2.12. The Bertz CT molecular complexity index is 597. The van der Waals surface area contributed by atoms with Crippen LogP contribution in [0.1, 0.15) is 20.8 Å². The Hall–Kier alpha value is -1.20. The van der Waals surface area contributed by atoms with Gasteiger partial charge in [0.2, 0.25) is 5.91 Å². The van der Waals surface area contributed by atoms with Crippen LogP contribution < -0.4 is 5.32 Å². The molecular weight excluding hydrogens is 282 g/mol. The van der Waals surface area contributed by atoms with Crippen LogP contribution in [0, 0.1) is 0 Å². The molecule has 0 saturated carbocycles. The van der Waals surface area contributed by atoms with Gasteiger partial charge in [-0.15, -0.1) is 0 Å². The number of nitrogens with zero attached hydrogens (tertiary/aromatic N) is 1. The van der Waals surface area contributed by atoms with E-state index in [0.717, 1.165) is 16.2 Å². The molecule has 0 spiro atoms. The lowest BCUT2D eigenvalue weighted by Crippen LogP contribution is -2.35. The van der Waals surface area contributed by atoms with E-state index in [9.17, 15) is 4.79 Å². The van der Waals surface area contributed by atoms with Crippen molar-refractivity contribution in [3.63, 3.8) is 0 Å². The van der Waals surface area contributed by atoms with E-state index < -0.39 is 0 Å². The highest BCUT2D eigenvalue weighted by atomic mass is 35.5. The van der Waals surface area contributed by atoms with E-state index in [2.05, 4.69) is 15.3 Å². The number of H-pyrrole nitrogens is 1. The van der Waals surface area contributed by atoms with Crippen LogP contribution in [0.4, 0.5) is 0 Å². The van der Waals surface area contributed by atoms with E-state index >= 15 is 0 Å². The largest absolute Gasteiger partial charge is 0.353 e. The molecule has 2 aromatic rings. The van der Waals surface area contributed by atoms with Gasteiger partial charge in [-0.25, -0.2) is 4.98 Å². The standard InChI is InChI=1S/C13H16ClN3OS/c1-7(2)15-12(18)8(3)19-13-16-10-5-4-9(14)6-11(10)17-13/h4-8H,1-3H3,(H,15,18)(H,16,17). The maximum Gasteiger partial charge on any atom is 0.233 e. The van der Waals surface area contributed by atoms with E-state index in [1.165, 1.54) is 11.8 Å². The molecule has 1 unspecified atom stereocenters. The van der Waals surface area contributed by atoms with Crippen LogP contribution in [-0.2, 0) is 4.79 Å². The highest BCUT2D eigenvalue weighted by molar-refractivity contribution is 8.00. The maximum absolute atomic E-state index is 11.8. The molecule has 2 N–H and O–H groups in total. The summed E-state index contributed by atoms with van der Waals surface area (Å²) in [6, 6.07) is 5.63. The smallest absolute Gasteiger partial charge is 0.233 e. The maximum atomic E-state index is 11.8. The first-order valence-corrected chi connectivity index (χ1v) is 7.34. The fourth-order valence-corrected chi connectivity index (χ4v) is 2.64. The number of carbonyl (C=O) groups excluding carboxylic acids is 1. The molecule has 0 saturated heterocycles. The van der Waals surface area contributed by atoms with Crippen molar-refractivity contribution in [3.05, 3.63) is 23.2 Å². The number of hydrogen-bond acceptors (Lipinski definition) is 3. The summed E-state index contributed by atoms with van der Waals surface area (Å²) in [5, 5.41) is 4.08. The normalized spacial score (nSPS) is 12.9. The van der Waals surface area contributed by atoms with Crippen molar-refractivity contribution < 1.29 is 4.79 Å². The summed E-state index contributed by atoms with van der Waals surface area (Å²) in [7, 11) is 0. The number of fused-ring (bicyclic) bond motifs is 1. The third-order valence-electron chi connectivity index (χ3n) is 2.51. The number of rotatable bonds is 4. The summed E-state index contributed by atoms with van der Waals surface area (Å²) in [5.74, 6) is 0.0125. The molecule has 4 nitrogen and oxygen atoms in total. The monoisotopic (exact) mass is 297 g/mol. The van der Waals surface area contributed by atoms with Gasteiger partial charge < -0.3 is 10.3 Å². The van der Waals surface area contributed by atoms with Crippen LogP contribution in [0.15, 0.2) is 23.4 Å². The van der Waals surface area contributed by atoms with Gasteiger partial charge >= 0.3 is 0 Å². The molecule has 0 aliphatic carbocycles. The molecule has 0 fully saturated rings. The summed E-state index contributed by atoms with van der Waals surface area (Å²) in [4.78, 5) is 19.4. The van der Waals surface area contributed by atoms with Crippen LogP contribution in [0.3, 0.4) is 0 Å². The van der Waals surface area contributed by atoms with Crippen LogP contribution in [0.2, 0.25) is 5.02 Å². The van der Waals surface area contributed by atoms with Crippen molar-refractivity contribution in [2.75, 3.05) is 0 Å². The van der Waals surface area contributed by atoms with Gasteiger partial charge in [-0.1, -0.05) is 23.4 Å². The molecule has 0 aliphatic heterocycles. The molecule has 1 heterocycles. The zero-order valence-corrected chi connectivity index (χ0v) is 12.6. The second kappa shape index (κ2) is 5.84. The van der Waals surface area contributed by atoms with Crippen molar-refractivity contribution >= 4 is 40.3 Å². The third-order valence-corrected chi connectivity index (χ3v) is 3.73. The van der Waals surface area contributed by atoms with Crippen LogP contribution in [-0.4, -0.2) is 27.2 Å². The van der Waals surface area contributed by atoms with E-state index in [-0.39, 0.29) is 17.2 Å². The van der Waals surface area contributed by atoms with Gasteiger partial charge in [0.25, 0.3) is 0 Å². The number of benzene rings is 1. The van der Waals surface area contributed by atoms with Crippen molar-refractivity contribution in [1.82, 2.24) is 15.3 Å². The Morgan fingerprint density at radius 1 is 1.42 bits per heavy atom. The minimum absolute atomic E-state index is 0.0125. The first-order chi connectivity index (χ1) is 8.95. The van der Waals surface area contributed by atoms with Gasteiger partial charge in [0.1, 0.15) is 0 Å². The zero-order valence-electron chi connectivity index (χ0n) is 11.0. The van der Waals surface area contributed by atoms with E-state index in [1.54, 1.807) is 6.07 Å². The SMILES string of the molecule is CC(C)NC(=O)C(C)Sc1nc2ccc(Cl)cc2[nH]1. The Labute approximate surface area is 121 Å². The first kappa shape index (κ1) is 14.2. The van der Waals surface area contributed by atoms with Gasteiger partial charge in [0.05, 0.1) is 16.3 Å². The van der Waals surface area contributed by atoms with Crippen LogP contribution >= 0.6 is 23.4 Å².